The molecule has 1 aliphatic rings. The molecule has 2 rings (SSSR count). The van der Waals surface area contributed by atoms with Crippen LogP contribution in [-0.4, -0.2) is 27.7 Å². The van der Waals surface area contributed by atoms with Crippen molar-refractivity contribution in [3.05, 3.63) is 30.1 Å². The Morgan fingerprint density at radius 3 is 3.12 bits per heavy atom. The van der Waals surface area contributed by atoms with Crippen LogP contribution in [0.15, 0.2) is 24.5 Å². The van der Waals surface area contributed by atoms with Crippen molar-refractivity contribution in [2.75, 3.05) is 6.54 Å². The van der Waals surface area contributed by atoms with Crippen LogP contribution in [0.3, 0.4) is 0 Å². The number of alkyl halides is 1. The van der Waals surface area contributed by atoms with Crippen molar-refractivity contribution >= 4 is 17.5 Å². The van der Waals surface area contributed by atoms with Crippen LogP contribution in [-0.2, 0) is 4.79 Å². The lowest BCUT2D eigenvalue weighted by atomic mass is 10.1. The largest absolute Gasteiger partial charge is 0.334 e. The summed E-state index contributed by atoms with van der Waals surface area (Å²) in [5.41, 5.74) is 1.10. The van der Waals surface area contributed by atoms with E-state index in [1.807, 2.05) is 23.2 Å². The average Bonchev–Trinajstić information content (AvgIpc) is 2.77. The number of halogens is 1. The van der Waals surface area contributed by atoms with Crippen LogP contribution in [0, 0.1) is 0 Å². The molecular formula is C12H15ClN2O. The van der Waals surface area contributed by atoms with Crippen LogP contribution in [0.4, 0.5) is 0 Å². The highest BCUT2D eigenvalue weighted by Crippen LogP contribution is 2.32. The van der Waals surface area contributed by atoms with Crippen molar-refractivity contribution in [1.82, 2.24) is 9.88 Å². The van der Waals surface area contributed by atoms with Gasteiger partial charge in [0.2, 0.25) is 5.91 Å². The highest BCUT2D eigenvalue weighted by molar-refractivity contribution is 6.30. The minimum Gasteiger partial charge on any atom is -0.334 e. The Hall–Kier alpha value is -1.09. The molecule has 0 saturated carbocycles. The monoisotopic (exact) mass is 238 g/mol. The molecule has 0 aliphatic carbocycles. The maximum absolute atomic E-state index is 11.9. The fourth-order valence-electron chi connectivity index (χ4n) is 2.18. The number of hydrogen-bond acceptors (Lipinski definition) is 2. The van der Waals surface area contributed by atoms with Gasteiger partial charge in [0.25, 0.3) is 0 Å². The second-order valence-corrected chi connectivity index (χ2v) is 4.75. The Bertz CT molecular complexity index is 367. The molecule has 0 N–H and O–H groups in total. The number of amides is 1. The van der Waals surface area contributed by atoms with Crippen LogP contribution in [0.25, 0.3) is 0 Å². The average molecular weight is 239 g/mol. The zero-order valence-corrected chi connectivity index (χ0v) is 10.0. The molecule has 16 heavy (non-hydrogen) atoms. The zero-order chi connectivity index (χ0) is 11.5. The van der Waals surface area contributed by atoms with Gasteiger partial charge in [0.15, 0.2) is 0 Å². The van der Waals surface area contributed by atoms with E-state index in [1.165, 1.54) is 0 Å². The van der Waals surface area contributed by atoms with Crippen LogP contribution >= 0.6 is 11.6 Å². The number of likely N-dealkylation sites (tertiary alicyclic amines) is 1. The standard InChI is InChI=1S/C12H15ClN2O/c1-9(13)12(16)15-7-3-5-11(15)10-4-2-6-14-8-10/h2,4,6,8-9,11H,3,5,7H2,1H3/t9-,11+/m0/s1. The molecule has 0 aromatic carbocycles. The van der Waals surface area contributed by atoms with E-state index in [0.717, 1.165) is 24.9 Å². The molecule has 1 amide bonds. The van der Waals surface area contributed by atoms with Gasteiger partial charge >= 0.3 is 0 Å². The van der Waals surface area contributed by atoms with Crippen molar-refractivity contribution in [2.45, 2.75) is 31.2 Å². The van der Waals surface area contributed by atoms with Crippen molar-refractivity contribution in [3.63, 3.8) is 0 Å². The summed E-state index contributed by atoms with van der Waals surface area (Å²) in [5, 5.41) is -0.447. The van der Waals surface area contributed by atoms with E-state index in [-0.39, 0.29) is 11.9 Å². The third-order valence-electron chi connectivity index (χ3n) is 2.95. The van der Waals surface area contributed by atoms with Crippen LogP contribution in [0.2, 0.25) is 0 Å². The number of rotatable bonds is 2. The summed E-state index contributed by atoms with van der Waals surface area (Å²) in [7, 11) is 0. The number of carbonyl (C=O) groups excluding carboxylic acids is 1. The van der Waals surface area contributed by atoms with Gasteiger partial charge in [-0.15, -0.1) is 11.6 Å². The summed E-state index contributed by atoms with van der Waals surface area (Å²) in [6, 6.07) is 4.07. The molecule has 86 valence electrons. The number of aromatic nitrogens is 1. The van der Waals surface area contributed by atoms with Gasteiger partial charge in [-0.05, 0) is 31.4 Å². The van der Waals surface area contributed by atoms with Gasteiger partial charge in [-0.1, -0.05) is 6.07 Å². The van der Waals surface area contributed by atoms with Gasteiger partial charge in [-0.2, -0.15) is 0 Å². The molecule has 0 bridgehead atoms. The van der Waals surface area contributed by atoms with Crippen LogP contribution in [0.1, 0.15) is 31.4 Å². The normalized spacial score (nSPS) is 22.1. The van der Waals surface area contributed by atoms with Crippen LogP contribution in [0.5, 0.6) is 0 Å². The van der Waals surface area contributed by atoms with Crippen molar-refractivity contribution in [2.24, 2.45) is 0 Å². The zero-order valence-electron chi connectivity index (χ0n) is 9.27. The first kappa shape index (κ1) is 11.4. The van der Waals surface area contributed by atoms with Gasteiger partial charge in [0.1, 0.15) is 5.38 Å². The Kier molecular flexibility index (Phi) is 3.44. The Morgan fingerprint density at radius 1 is 1.69 bits per heavy atom. The number of hydrogen-bond donors (Lipinski definition) is 0. The second-order valence-electron chi connectivity index (χ2n) is 4.09. The topological polar surface area (TPSA) is 33.2 Å². The minimum absolute atomic E-state index is 0.0213. The quantitative estimate of drug-likeness (QED) is 0.742. The molecule has 2 heterocycles. The number of pyridine rings is 1. The molecule has 0 radical (unpaired) electrons. The third kappa shape index (κ3) is 2.19. The highest BCUT2D eigenvalue weighted by Gasteiger charge is 2.31. The summed E-state index contributed by atoms with van der Waals surface area (Å²) in [4.78, 5) is 17.9. The first-order chi connectivity index (χ1) is 7.70. The fourth-order valence-corrected chi connectivity index (χ4v) is 2.30. The summed E-state index contributed by atoms with van der Waals surface area (Å²) in [5.74, 6) is 0.0213. The van der Waals surface area contributed by atoms with Gasteiger partial charge < -0.3 is 4.90 Å². The molecule has 1 aromatic rings. The van der Waals surface area contributed by atoms with E-state index in [2.05, 4.69) is 4.98 Å². The molecule has 1 fully saturated rings. The van der Waals surface area contributed by atoms with Gasteiger partial charge in [-0.3, -0.25) is 9.78 Å². The third-order valence-corrected chi connectivity index (χ3v) is 3.13. The van der Waals surface area contributed by atoms with Crippen molar-refractivity contribution in [1.29, 1.82) is 0 Å². The van der Waals surface area contributed by atoms with Gasteiger partial charge in [0, 0.05) is 18.9 Å². The predicted octanol–water partition coefficient (Wildman–Crippen LogP) is 2.37. The summed E-state index contributed by atoms with van der Waals surface area (Å²) < 4.78 is 0. The lowest BCUT2D eigenvalue weighted by Gasteiger charge is -2.25. The van der Waals surface area contributed by atoms with Crippen LogP contribution < -0.4 is 0 Å². The molecule has 1 aromatic heterocycles. The molecule has 0 spiro atoms. The Labute approximate surface area is 100 Å². The molecule has 3 nitrogen and oxygen atoms in total. The van der Waals surface area contributed by atoms with E-state index >= 15 is 0 Å². The minimum atomic E-state index is -0.447. The van der Waals surface area contributed by atoms with Gasteiger partial charge in [0.05, 0.1) is 6.04 Å². The maximum atomic E-state index is 11.9. The Balaban J connectivity index is 2.19. The molecule has 4 heteroatoms. The van der Waals surface area contributed by atoms with Gasteiger partial charge in [-0.25, -0.2) is 0 Å². The molecule has 2 atom stereocenters. The lowest BCUT2D eigenvalue weighted by molar-refractivity contribution is -0.131. The van der Waals surface area contributed by atoms with E-state index in [0.29, 0.717) is 0 Å². The number of nitrogens with zero attached hydrogens (tertiary/aromatic N) is 2. The Morgan fingerprint density at radius 2 is 2.50 bits per heavy atom. The SMILES string of the molecule is C[C@H](Cl)C(=O)N1CCC[C@@H]1c1cccnc1. The maximum Gasteiger partial charge on any atom is 0.240 e. The highest BCUT2D eigenvalue weighted by atomic mass is 35.5. The van der Waals surface area contributed by atoms with E-state index in [4.69, 9.17) is 11.6 Å². The number of carbonyl (C=O) groups is 1. The summed E-state index contributed by atoms with van der Waals surface area (Å²) in [6.07, 6.45) is 5.61. The molecule has 1 aliphatic heterocycles. The van der Waals surface area contributed by atoms with E-state index < -0.39 is 5.38 Å². The van der Waals surface area contributed by atoms with Crippen molar-refractivity contribution in [3.8, 4) is 0 Å². The fraction of sp³-hybridized carbons (Fsp3) is 0.500. The first-order valence-electron chi connectivity index (χ1n) is 5.54. The molecule has 1 saturated heterocycles. The lowest BCUT2D eigenvalue weighted by Crippen LogP contribution is -2.35. The van der Waals surface area contributed by atoms with Crippen molar-refractivity contribution < 1.29 is 4.79 Å². The second kappa shape index (κ2) is 4.83. The van der Waals surface area contributed by atoms with E-state index in [1.54, 1.807) is 13.1 Å². The summed E-state index contributed by atoms with van der Waals surface area (Å²) in [6.45, 7) is 2.53. The molecular weight excluding hydrogens is 224 g/mol. The summed E-state index contributed by atoms with van der Waals surface area (Å²) >= 11 is 5.85. The van der Waals surface area contributed by atoms with E-state index in [9.17, 15) is 4.79 Å². The molecule has 0 unspecified atom stereocenters. The first-order valence-corrected chi connectivity index (χ1v) is 5.98. The predicted molar refractivity (Wildman–Crippen MR) is 63.2 cm³/mol. The smallest absolute Gasteiger partial charge is 0.240 e.